The number of benzene rings is 6. The number of aromatic nitrogens is 3. The molecule has 3 aromatic heterocycles. The first kappa shape index (κ1) is 21.5. The first-order chi connectivity index (χ1) is 19.8. The average Bonchev–Trinajstić information content (AvgIpc) is 3.55. The van der Waals surface area contributed by atoms with Crippen LogP contribution in [-0.2, 0) is 0 Å². The molecule has 186 valence electrons. The van der Waals surface area contributed by atoms with Gasteiger partial charge in [0.15, 0.2) is 0 Å². The maximum atomic E-state index is 6.33. The third kappa shape index (κ3) is 2.96. The van der Waals surface area contributed by atoms with E-state index < -0.39 is 0 Å². The number of hydrogen-bond acceptors (Lipinski definition) is 3. The van der Waals surface area contributed by atoms with Gasteiger partial charge in [-0.1, -0.05) is 91.0 Å². The standard InChI is InChI=1S/C36H21N3O/c1-2-10-22(11-3-1)34-26-14-6-8-16-29(26)37-36(38-34)39-30-21-24-13-5-4-12-23(24)20-28(30)25-18-19-32-33(35(25)39)27-15-7-9-17-31(27)40-32/h1-21H. The molecule has 0 atom stereocenters. The van der Waals surface area contributed by atoms with Gasteiger partial charge >= 0.3 is 0 Å². The van der Waals surface area contributed by atoms with Crippen LogP contribution in [0, 0.1) is 0 Å². The first-order valence-electron chi connectivity index (χ1n) is 13.4. The molecule has 0 saturated carbocycles. The largest absolute Gasteiger partial charge is 0.456 e. The molecule has 0 aliphatic rings. The highest BCUT2D eigenvalue weighted by atomic mass is 16.3. The average molecular weight is 512 g/mol. The van der Waals surface area contributed by atoms with E-state index in [1.54, 1.807) is 0 Å². The quantitative estimate of drug-likeness (QED) is 0.232. The van der Waals surface area contributed by atoms with Gasteiger partial charge in [-0.3, -0.25) is 4.57 Å². The summed E-state index contributed by atoms with van der Waals surface area (Å²) in [4.78, 5) is 10.5. The van der Waals surface area contributed by atoms with Crippen LogP contribution in [0.4, 0.5) is 0 Å². The molecule has 0 N–H and O–H groups in total. The minimum Gasteiger partial charge on any atom is -0.456 e. The van der Waals surface area contributed by atoms with E-state index in [-0.39, 0.29) is 0 Å². The zero-order valence-corrected chi connectivity index (χ0v) is 21.4. The Morgan fingerprint density at radius 1 is 0.525 bits per heavy atom. The van der Waals surface area contributed by atoms with Crippen molar-refractivity contribution in [3.63, 3.8) is 0 Å². The predicted octanol–water partition coefficient (Wildman–Crippen LogP) is 9.45. The third-order valence-electron chi connectivity index (χ3n) is 7.97. The number of nitrogens with zero attached hydrogens (tertiary/aromatic N) is 3. The highest BCUT2D eigenvalue weighted by Crippen LogP contribution is 2.42. The molecule has 9 rings (SSSR count). The molecule has 0 saturated heterocycles. The lowest BCUT2D eigenvalue weighted by molar-refractivity contribution is 0.669. The van der Waals surface area contributed by atoms with Crippen LogP contribution in [0.1, 0.15) is 0 Å². The fourth-order valence-electron chi connectivity index (χ4n) is 6.19. The SMILES string of the molecule is c1ccc(-c2nc(-n3c4cc5ccccc5cc4c4ccc5oc6ccccc6c5c43)nc3ccccc23)cc1. The van der Waals surface area contributed by atoms with Crippen molar-refractivity contribution in [2.45, 2.75) is 0 Å². The van der Waals surface area contributed by atoms with E-state index in [1.807, 2.05) is 30.3 Å². The summed E-state index contributed by atoms with van der Waals surface area (Å²) >= 11 is 0. The van der Waals surface area contributed by atoms with E-state index >= 15 is 0 Å². The Morgan fingerprint density at radius 2 is 1.25 bits per heavy atom. The number of para-hydroxylation sites is 2. The highest BCUT2D eigenvalue weighted by molar-refractivity contribution is 6.25. The van der Waals surface area contributed by atoms with E-state index in [1.165, 1.54) is 16.2 Å². The Balaban J connectivity index is 1.52. The van der Waals surface area contributed by atoms with Gasteiger partial charge in [-0.05, 0) is 47.2 Å². The van der Waals surface area contributed by atoms with Gasteiger partial charge in [0.2, 0.25) is 5.95 Å². The Bertz CT molecular complexity index is 2430. The van der Waals surface area contributed by atoms with Crippen LogP contribution < -0.4 is 0 Å². The molecule has 0 aliphatic carbocycles. The molecule has 0 unspecified atom stereocenters. The van der Waals surface area contributed by atoms with Gasteiger partial charge in [-0.15, -0.1) is 0 Å². The van der Waals surface area contributed by atoms with Gasteiger partial charge in [0.1, 0.15) is 11.2 Å². The minimum absolute atomic E-state index is 0.644. The second-order valence-corrected chi connectivity index (χ2v) is 10.2. The van der Waals surface area contributed by atoms with Gasteiger partial charge in [0, 0.05) is 27.1 Å². The van der Waals surface area contributed by atoms with Crippen LogP contribution in [-0.4, -0.2) is 14.5 Å². The van der Waals surface area contributed by atoms with Gasteiger partial charge in [-0.25, -0.2) is 9.97 Å². The van der Waals surface area contributed by atoms with Crippen molar-refractivity contribution >= 4 is 65.4 Å². The highest BCUT2D eigenvalue weighted by Gasteiger charge is 2.22. The molecule has 9 aromatic rings. The van der Waals surface area contributed by atoms with E-state index in [0.29, 0.717) is 5.95 Å². The first-order valence-corrected chi connectivity index (χ1v) is 13.4. The Labute approximate surface area is 228 Å². The second-order valence-electron chi connectivity index (χ2n) is 10.2. The molecule has 4 heteroatoms. The minimum atomic E-state index is 0.644. The van der Waals surface area contributed by atoms with Gasteiger partial charge in [0.05, 0.1) is 27.6 Å². The molecule has 3 heterocycles. The number of fused-ring (bicyclic) bond motifs is 9. The summed E-state index contributed by atoms with van der Waals surface area (Å²) in [7, 11) is 0. The normalized spacial score (nSPS) is 12.0. The van der Waals surface area contributed by atoms with Crippen LogP contribution in [0.5, 0.6) is 0 Å². The van der Waals surface area contributed by atoms with E-state index in [2.05, 4.69) is 102 Å². The molecule has 0 aliphatic heterocycles. The molecule has 4 nitrogen and oxygen atoms in total. The summed E-state index contributed by atoms with van der Waals surface area (Å²) < 4.78 is 8.57. The summed E-state index contributed by atoms with van der Waals surface area (Å²) in [5, 5.41) is 7.89. The molecular formula is C36H21N3O. The maximum Gasteiger partial charge on any atom is 0.235 e. The molecule has 0 fully saturated rings. The summed E-state index contributed by atoms with van der Waals surface area (Å²) in [6.45, 7) is 0. The van der Waals surface area contributed by atoms with Crippen molar-refractivity contribution in [1.82, 2.24) is 14.5 Å². The summed E-state index contributed by atoms with van der Waals surface area (Å²) in [6, 6.07) is 44.2. The fourth-order valence-corrected chi connectivity index (χ4v) is 6.19. The van der Waals surface area contributed by atoms with Crippen molar-refractivity contribution in [3.05, 3.63) is 127 Å². The van der Waals surface area contributed by atoms with E-state index in [4.69, 9.17) is 14.4 Å². The maximum absolute atomic E-state index is 6.33. The number of hydrogen-bond donors (Lipinski definition) is 0. The van der Waals surface area contributed by atoms with Crippen LogP contribution >= 0.6 is 0 Å². The van der Waals surface area contributed by atoms with Crippen molar-refractivity contribution in [2.24, 2.45) is 0 Å². The van der Waals surface area contributed by atoms with Crippen molar-refractivity contribution in [3.8, 4) is 17.2 Å². The van der Waals surface area contributed by atoms with Gasteiger partial charge in [-0.2, -0.15) is 0 Å². The number of rotatable bonds is 2. The Kier molecular flexibility index (Phi) is 4.30. The molecule has 0 amide bonds. The van der Waals surface area contributed by atoms with Crippen molar-refractivity contribution < 1.29 is 4.42 Å². The van der Waals surface area contributed by atoms with Gasteiger partial charge < -0.3 is 4.42 Å². The molecular weight excluding hydrogens is 490 g/mol. The van der Waals surface area contributed by atoms with Crippen molar-refractivity contribution in [2.75, 3.05) is 0 Å². The van der Waals surface area contributed by atoms with Crippen molar-refractivity contribution in [1.29, 1.82) is 0 Å². The summed E-state index contributed by atoms with van der Waals surface area (Å²) in [5.41, 5.74) is 6.74. The molecule has 0 radical (unpaired) electrons. The smallest absolute Gasteiger partial charge is 0.235 e. The lowest BCUT2D eigenvalue weighted by Crippen LogP contribution is -2.03. The van der Waals surface area contributed by atoms with Crippen LogP contribution in [0.15, 0.2) is 132 Å². The summed E-state index contributed by atoms with van der Waals surface area (Å²) in [6.07, 6.45) is 0. The second kappa shape index (κ2) is 8.01. The monoisotopic (exact) mass is 511 g/mol. The lowest BCUT2D eigenvalue weighted by atomic mass is 10.0. The predicted molar refractivity (Wildman–Crippen MR) is 164 cm³/mol. The van der Waals surface area contributed by atoms with Crippen LogP contribution in [0.2, 0.25) is 0 Å². The van der Waals surface area contributed by atoms with E-state index in [0.717, 1.165) is 60.5 Å². The zero-order chi connectivity index (χ0) is 26.2. The topological polar surface area (TPSA) is 43.9 Å². The fraction of sp³-hybridized carbons (Fsp3) is 0. The molecule has 0 spiro atoms. The molecule has 40 heavy (non-hydrogen) atoms. The Morgan fingerprint density at radius 3 is 2.12 bits per heavy atom. The molecule has 6 aromatic carbocycles. The van der Waals surface area contributed by atoms with E-state index in [9.17, 15) is 0 Å². The number of furan rings is 1. The summed E-state index contributed by atoms with van der Waals surface area (Å²) in [5.74, 6) is 0.644. The lowest BCUT2D eigenvalue weighted by Gasteiger charge is -2.12. The Hall–Kier alpha value is -5.48. The van der Waals surface area contributed by atoms with Crippen LogP contribution in [0.25, 0.3) is 82.6 Å². The van der Waals surface area contributed by atoms with Crippen LogP contribution in [0.3, 0.4) is 0 Å². The van der Waals surface area contributed by atoms with Gasteiger partial charge in [0.25, 0.3) is 0 Å². The molecule has 0 bridgehead atoms. The zero-order valence-electron chi connectivity index (χ0n) is 21.4. The third-order valence-corrected chi connectivity index (χ3v) is 7.97.